The average Bonchev–Trinajstić information content (AvgIpc) is 2.20. The van der Waals surface area contributed by atoms with Gasteiger partial charge in [-0.15, -0.1) is 0 Å². The van der Waals surface area contributed by atoms with E-state index < -0.39 is 0 Å². The minimum atomic E-state index is 0.450. The van der Waals surface area contributed by atoms with Crippen molar-refractivity contribution in [2.75, 3.05) is 13.1 Å². The van der Waals surface area contributed by atoms with Crippen LogP contribution in [0, 0.1) is 5.41 Å². The molecule has 0 spiro atoms. The average molecular weight is 210 g/mol. The molecule has 2 atom stereocenters. The lowest BCUT2D eigenvalue weighted by atomic mass is 9.73. The Morgan fingerprint density at radius 2 is 1.73 bits per heavy atom. The van der Waals surface area contributed by atoms with Gasteiger partial charge in [0.25, 0.3) is 0 Å². The zero-order chi connectivity index (χ0) is 10.9. The molecular weight excluding hydrogens is 184 g/mol. The van der Waals surface area contributed by atoms with Crippen LogP contribution in [0.2, 0.25) is 0 Å². The predicted octanol–water partition coefficient (Wildman–Crippen LogP) is 2.38. The second kappa shape index (κ2) is 4.42. The van der Waals surface area contributed by atoms with Crippen LogP contribution in [-0.2, 0) is 0 Å². The number of hydrogen-bond acceptors (Lipinski definition) is 2. The fourth-order valence-electron chi connectivity index (χ4n) is 3.34. The Labute approximate surface area is 94.2 Å². The smallest absolute Gasteiger partial charge is 0.0247 e. The molecule has 2 heteroatoms. The predicted molar refractivity (Wildman–Crippen MR) is 64.8 cm³/mol. The van der Waals surface area contributed by atoms with Crippen molar-refractivity contribution >= 4 is 0 Å². The van der Waals surface area contributed by atoms with E-state index in [4.69, 9.17) is 5.73 Å². The quantitative estimate of drug-likeness (QED) is 0.775. The third kappa shape index (κ3) is 2.07. The summed E-state index contributed by atoms with van der Waals surface area (Å²) < 4.78 is 0. The molecule has 0 aromatic heterocycles. The van der Waals surface area contributed by atoms with Crippen molar-refractivity contribution in [2.24, 2.45) is 11.1 Å². The van der Waals surface area contributed by atoms with Crippen LogP contribution in [0.3, 0.4) is 0 Å². The molecule has 1 saturated carbocycles. The SMILES string of the molecule is CCC1(CC)CN([C@@H]2CCCC[C@H]2N)C1. The van der Waals surface area contributed by atoms with Gasteiger partial charge < -0.3 is 5.73 Å². The molecule has 0 radical (unpaired) electrons. The van der Waals surface area contributed by atoms with Gasteiger partial charge in [-0.25, -0.2) is 0 Å². The van der Waals surface area contributed by atoms with Gasteiger partial charge in [0.2, 0.25) is 0 Å². The highest BCUT2D eigenvalue weighted by atomic mass is 15.2. The van der Waals surface area contributed by atoms with E-state index in [0.29, 0.717) is 17.5 Å². The molecule has 2 N–H and O–H groups in total. The van der Waals surface area contributed by atoms with E-state index in [2.05, 4.69) is 18.7 Å². The van der Waals surface area contributed by atoms with Gasteiger partial charge >= 0.3 is 0 Å². The van der Waals surface area contributed by atoms with Crippen molar-refractivity contribution in [3.8, 4) is 0 Å². The van der Waals surface area contributed by atoms with Crippen molar-refractivity contribution in [1.82, 2.24) is 4.90 Å². The van der Waals surface area contributed by atoms with E-state index in [1.165, 1.54) is 51.6 Å². The lowest BCUT2D eigenvalue weighted by Gasteiger charge is -2.55. The second-order valence-electron chi connectivity index (χ2n) is 5.63. The first-order valence-corrected chi connectivity index (χ1v) is 6.70. The van der Waals surface area contributed by atoms with Crippen LogP contribution in [0.4, 0.5) is 0 Å². The van der Waals surface area contributed by atoms with Gasteiger partial charge in [-0.3, -0.25) is 4.90 Å². The summed E-state index contributed by atoms with van der Waals surface area (Å²) >= 11 is 0. The Morgan fingerprint density at radius 1 is 1.13 bits per heavy atom. The molecule has 1 aliphatic carbocycles. The first-order valence-electron chi connectivity index (χ1n) is 6.70. The Kier molecular flexibility index (Phi) is 3.36. The number of hydrogen-bond donors (Lipinski definition) is 1. The van der Waals surface area contributed by atoms with E-state index in [9.17, 15) is 0 Å². The molecule has 2 nitrogen and oxygen atoms in total. The Hall–Kier alpha value is -0.0800. The molecule has 2 fully saturated rings. The van der Waals surface area contributed by atoms with Crippen molar-refractivity contribution in [1.29, 1.82) is 0 Å². The number of rotatable bonds is 3. The first kappa shape index (κ1) is 11.4. The normalized spacial score (nSPS) is 36.2. The summed E-state index contributed by atoms with van der Waals surface area (Å²) in [4.78, 5) is 2.65. The van der Waals surface area contributed by atoms with Crippen molar-refractivity contribution in [3.63, 3.8) is 0 Å². The van der Waals surface area contributed by atoms with E-state index in [1.54, 1.807) is 0 Å². The van der Waals surface area contributed by atoms with Gasteiger partial charge in [-0.05, 0) is 31.1 Å². The Bertz CT molecular complexity index is 203. The van der Waals surface area contributed by atoms with Crippen LogP contribution in [0.25, 0.3) is 0 Å². The summed E-state index contributed by atoms with van der Waals surface area (Å²) in [5.41, 5.74) is 6.86. The standard InChI is InChI=1S/C13H26N2/c1-3-13(4-2)9-15(10-13)12-8-6-5-7-11(12)14/h11-12H,3-10,14H2,1-2H3/t11-,12-/m1/s1. The van der Waals surface area contributed by atoms with Gasteiger partial charge in [0.1, 0.15) is 0 Å². The maximum Gasteiger partial charge on any atom is 0.0247 e. The highest BCUT2D eigenvalue weighted by molar-refractivity contribution is 4.99. The van der Waals surface area contributed by atoms with E-state index in [0.717, 1.165) is 0 Å². The molecule has 88 valence electrons. The summed E-state index contributed by atoms with van der Waals surface area (Å²) in [6.45, 7) is 7.28. The molecule has 0 unspecified atom stereocenters. The Morgan fingerprint density at radius 3 is 2.27 bits per heavy atom. The summed E-state index contributed by atoms with van der Waals surface area (Å²) in [6.07, 6.45) is 7.99. The van der Waals surface area contributed by atoms with E-state index >= 15 is 0 Å². The largest absolute Gasteiger partial charge is 0.326 e. The minimum Gasteiger partial charge on any atom is -0.326 e. The molecule has 2 aliphatic rings. The number of nitrogens with zero attached hydrogens (tertiary/aromatic N) is 1. The summed E-state index contributed by atoms with van der Waals surface area (Å²) in [5.74, 6) is 0. The van der Waals surface area contributed by atoms with Crippen LogP contribution < -0.4 is 5.73 Å². The van der Waals surface area contributed by atoms with Crippen molar-refractivity contribution in [3.05, 3.63) is 0 Å². The fourth-order valence-corrected chi connectivity index (χ4v) is 3.34. The van der Waals surface area contributed by atoms with Crippen LogP contribution in [-0.4, -0.2) is 30.1 Å². The molecule has 1 aliphatic heterocycles. The topological polar surface area (TPSA) is 29.3 Å². The van der Waals surface area contributed by atoms with Crippen molar-refractivity contribution in [2.45, 2.75) is 64.5 Å². The molecule has 1 heterocycles. The van der Waals surface area contributed by atoms with Gasteiger partial charge in [-0.1, -0.05) is 26.7 Å². The van der Waals surface area contributed by atoms with Crippen LogP contribution in [0.1, 0.15) is 52.4 Å². The monoisotopic (exact) mass is 210 g/mol. The molecule has 0 aromatic carbocycles. The molecule has 1 saturated heterocycles. The first-order chi connectivity index (χ1) is 7.21. The zero-order valence-corrected chi connectivity index (χ0v) is 10.3. The van der Waals surface area contributed by atoms with Gasteiger partial charge in [-0.2, -0.15) is 0 Å². The van der Waals surface area contributed by atoms with Gasteiger partial charge in [0.05, 0.1) is 0 Å². The molecular formula is C13H26N2. The third-order valence-corrected chi connectivity index (χ3v) is 4.83. The molecule has 15 heavy (non-hydrogen) atoms. The van der Waals surface area contributed by atoms with Crippen LogP contribution >= 0.6 is 0 Å². The maximum atomic E-state index is 6.22. The highest BCUT2D eigenvalue weighted by Gasteiger charge is 2.44. The van der Waals surface area contributed by atoms with Gasteiger partial charge in [0.15, 0.2) is 0 Å². The molecule has 0 aromatic rings. The second-order valence-corrected chi connectivity index (χ2v) is 5.63. The van der Waals surface area contributed by atoms with E-state index in [1.807, 2.05) is 0 Å². The van der Waals surface area contributed by atoms with E-state index in [-0.39, 0.29) is 0 Å². The lowest BCUT2D eigenvalue weighted by Crippen LogP contribution is -2.63. The molecule has 0 amide bonds. The fraction of sp³-hybridized carbons (Fsp3) is 1.00. The molecule has 0 bridgehead atoms. The molecule has 2 rings (SSSR count). The highest BCUT2D eigenvalue weighted by Crippen LogP contribution is 2.40. The summed E-state index contributed by atoms with van der Waals surface area (Å²) in [5, 5.41) is 0. The van der Waals surface area contributed by atoms with Gasteiger partial charge in [0, 0.05) is 25.2 Å². The zero-order valence-electron chi connectivity index (χ0n) is 10.3. The lowest BCUT2D eigenvalue weighted by molar-refractivity contribution is -0.0513. The maximum absolute atomic E-state index is 6.22. The summed E-state index contributed by atoms with van der Waals surface area (Å²) in [7, 11) is 0. The van der Waals surface area contributed by atoms with Crippen molar-refractivity contribution < 1.29 is 0 Å². The minimum absolute atomic E-state index is 0.450. The number of nitrogens with two attached hydrogens (primary N) is 1. The van der Waals surface area contributed by atoms with Crippen LogP contribution in [0.5, 0.6) is 0 Å². The third-order valence-electron chi connectivity index (χ3n) is 4.83. The summed E-state index contributed by atoms with van der Waals surface area (Å²) in [6, 6.07) is 1.15. The van der Waals surface area contributed by atoms with Crippen LogP contribution in [0.15, 0.2) is 0 Å². The Balaban J connectivity index is 1.87. The number of likely N-dealkylation sites (tertiary alicyclic amines) is 1.